The Morgan fingerprint density at radius 2 is 2.22 bits per heavy atom. The Morgan fingerprint density at radius 3 is 2.72 bits per heavy atom. The summed E-state index contributed by atoms with van der Waals surface area (Å²) in [5.74, 6) is 0. The molecule has 0 aromatic carbocycles. The lowest BCUT2D eigenvalue weighted by Gasteiger charge is -2.15. The number of aromatic nitrogens is 2. The van der Waals surface area contributed by atoms with Crippen molar-refractivity contribution in [2.24, 2.45) is 5.73 Å². The van der Waals surface area contributed by atoms with Crippen LogP contribution >= 0.6 is 11.6 Å². The summed E-state index contributed by atoms with van der Waals surface area (Å²) in [6.45, 7) is 0.539. The van der Waals surface area contributed by atoms with Gasteiger partial charge in [0, 0.05) is 12.6 Å². The number of nitrogens with zero attached hydrogens (tertiary/aromatic N) is 2. The molecule has 18 heavy (non-hydrogen) atoms. The average Bonchev–Trinajstić information content (AvgIpc) is 2.27. The third-order valence-electron chi connectivity index (χ3n) is 2.07. The Bertz CT molecular complexity index is 474. The molecule has 5 nitrogen and oxygen atoms in total. The van der Waals surface area contributed by atoms with Gasteiger partial charge in [-0.25, -0.2) is 4.68 Å². The molecule has 1 atom stereocenters. The van der Waals surface area contributed by atoms with Crippen LogP contribution in [0.15, 0.2) is 11.0 Å². The van der Waals surface area contributed by atoms with Crippen LogP contribution in [0.1, 0.15) is 6.92 Å². The van der Waals surface area contributed by atoms with E-state index < -0.39 is 18.3 Å². The number of alkyl halides is 3. The average molecular weight is 285 g/mol. The van der Waals surface area contributed by atoms with Crippen LogP contribution in [0, 0.1) is 0 Å². The summed E-state index contributed by atoms with van der Waals surface area (Å²) in [5, 5.41) is 5.85. The lowest BCUT2D eigenvalue weighted by atomic mass is 10.3. The predicted octanol–water partition coefficient (Wildman–Crippen LogP) is 1.22. The van der Waals surface area contributed by atoms with Crippen molar-refractivity contribution in [3.05, 3.63) is 21.6 Å². The first-order valence-corrected chi connectivity index (χ1v) is 5.41. The summed E-state index contributed by atoms with van der Waals surface area (Å²) in [4.78, 5) is 11.5. The van der Waals surface area contributed by atoms with Crippen LogP contribution in [0.3, 0.4) is 0 Å². The molecular formula is C9H12ClF3N4O. The van der Waals surface area contributed by atoms with E-state index >= 15 is 0 Å². The fraction of sp³-hybridized carbons (Fsp3) is 0.556. The fourth-order valence-corrected chi connectivity index (χ4v) is 1.37. The van der Waals surface area contributed by atoms with Crippen LogP contribution in [0.4, 0.5) is 18.9 Å². The summed E-state index contributed by atoms with van der Waals surface area (Å²) in [6, 6.07) is -0.179. The SMILES string of the molecule is CC(CN)Nc1cnn(CC(F)(F)F)c(=O)c1Cl. The Morgan fingerprint density at radius 1 is 1.61 bits per heavy atom. The highest BCUT2D eigenvalue weighted by molar-refractivity contribution is 6.32. The van der Waals surface area contributed by atoms with Crippen molar-refractivity contribution in [3.8, 4) is 0 Å². The van der Waals surface area contributed by atoms with E-state index in [1.54, 1.807) is 6.92 Å². The van der Waals surface area contributed by atoms with E-state index in [2.05, 4.69) is 10.4 Å². The molecule has 0 fully saturated rings. The first-order valence-electron chi connectivity index (χ1n) is 5.03. The maximum atomic E-state index is 12.1. The molecule has 0 spiro atoms. The highest BCUT2D eigenvalue weighted by Crippen LogP contribution is 2.19. The van der Waals surface area contributed by atoms with Gasteiger partial charge < -0.3 is 11.1 Å². The zero-order valence-electron chi connectivity index (χ0n) is 9.46. The minimum Gasteiger partial charge on any atom is -0.379 e. The minimum atomic E-state index is -4.53. The first-order chi connectivity index (χ1) is 8.24. The van der Waals surface area contributed by atoms with Crippen molar-refractivity contribution in [2.45, 2.75) is 25.7 Å². The largest absolute Gasteiger partial charge is 0.408 e. The summed E-state index contributed by atoms with van der Waals surface area (Å²) in [7, 11) is 0. The third kappa shape index (κ3) is 3.88. The third-order valence-corrected chi connectivity index (χ3v) is 2.43. The Balaban J connectivity index is 3.02. The van der Waals surface area contributed by atoms with Crippen molar-refractivity contribution in [1.82, 2.24) is 9.78 Å². The first kappa shape index (κ1) is 14.8. The van der Waals surface area contributed by atoms with Gasteiger partial charge in [0.15, 0.2) is 0 Å². The smallest absolute Gasteiger partial charge is 0.379 e. The lowest BCUT2D eigenvalue weighted by Crippen LogP contribution is -2.32. The molecule has 1 unspecified atom stereocenters. The Hall–Kier alpha value is -1.28. The monoisotopic (exact) mass is 284 g/mol. The molecule has 0 saturated carbocycles. The van der Waals surface area contributed by atoms with Crippen LogP contribution in [0.2, 0.25) is 5.02 Å². The number of hydrogen-bond donors (Lipinski definition) is 2. The molecule has 1 aromatic heterocycles. The second kappa shape index (κ2) is 5.57. The number of halogens is 4. The second-order valence-electron chi connectivity index (χ2n) is 3.73. The van der Waals surface area contributed by atoms with Gasteiger partial charge in [-0.05, 0) is 6.92 Å². The van der Waals surface area contributed by atoms with E-state index in [1.165, 1.54) is 0 Å². The minimum absolute atomic E-state index is 0.165. The molecule has 0 bridgehead atoms. The van der Waals surface area contributed by atoms with Gasteiger partial charge in [-0.1, -0.05) is 11.6 Å². The van der Waals surface area contributed by atoms with Gasteiger partial charge in [0.25, 0.3) is 5.56 Å². The van der Waals surface area contributed by atoms with E-state index in [-0.39, 0.29) is 28.0 Å². The van der Waals surface area contributed by atoms with Crippen LogP contribution in [0.25, 0.3) is 0 Å². The van der Waals surface area contributed by atoms with Gasteiger partial charge >= 0.3 is 6.18 Å². The molecule has 0 aliphatic carbocycles. The van der Waals surface area contributed by atoms with Gasteiger partial charge in [-0.3, -0.25) is 4.79 Å². The van der Waals surface area contributed by atoms with Crippen molar-refractivity contribution in [2.75, 3.05) is 11.9 Å². The number of anilines is 1. The molecule has 1 aromatic rings. The quantitative estimate of drug-likeness (QED) is 0.872. The van der Waals surface area contributed by atoms with E-state index in [9.17, 15) is 18.0 Å². The summed E-state index contributed by atoms with van der Waals surface area (Å²) >= 11 is 5.68. The Kier molecular flexibility index (Phi) is 4.58. The van der Waals surface area contributed by atoms with Gasteiger partial charge in [-0.2, -0.15) is 18.3 Å². The van der Waals surface area contributed by atoms with E-state index in [4.69, 9.17) is 17.3 Å². The molecule has 0 aliphatic rings. The number of nitrogens with two attached hydrogens (primary N) is 1. The molecule has 0 radical (unpaired) electrons. The maximum Gasteiger partial charge on any atom is 0.408 e. The fourth-order valence-electron chi connectivity index (χ4n) is 1.17. The van der Waals surface area contributed by atoms with Crippen LogP contribution in [-0.2, 0) is 6.54 Å². The predicted molar refractivity (Wildman–Crippen MR) is 61.7 cm³/mol. The van der Waals surface area contributed by atoms with Crippen LogP contribution < -0.4 is 16.6 Å². The Labute approximate surface area is 106 Å². The van der Waals surface area contributed by atoms with Gasteiger partial charge in [0.05, 0.1) is 11.9 Å². The molecule has 0 saturated heterocycles. The number of nitrogens with one attached hydrogen (secondary N) is 1. The summed E-state index contributed by atoms with van der Waals surface area (Å²) in [6.07, 6.45) is -3.46. The van der Waals surface area contributed by atoms with E-state index in [0.717, 1.165) is 6.20 Å². The molecule has 1 rings (SSSR count). The molecule has 9 heteroatoms. The number of hydrogen-bond acceptors (Lipinski definition) is 4. The van der Waals surface area contributed by atoms with Crippen molar-refractivity contribution >= 4 is 17.3 Å². The maximum absolute atomic E-state index is 12.1. The van der Waals surface area contributed by atoms with Crippen LogP contribution in [-0.4, -0.2) is 28.5 Å². The topological polar surface area (TPSA) is 72.9 Å². The summed E-state index contributed by atoms with van der Waals surface area (Å²) in [5.41, 5.74) is 4.53. The summed E-state index contributed by atoms with van der Waals surface area (Å²) < 4.78 is 36.7. The molecule has 0 amide bonds. The molecule has 0 aliphatic heterocycles. The second-order valence-corrected chi connectivity index (χ2v) is 4.11. The van der Waals surface area contributed by atoms with Crippen molar-refractivity contribution < 1.29 is 13.2 Å². The molecule has 102 valence electrons. The standard InChI is InChI=1S/C9H12ClF3N4O/c1-5(2-14)16-6-3-15-17(4-9(11,12)13)8(18)7(6)10/h3,5,16H,2,4,14H2,1H3. The van der Waals surface area contributed by atoms with Crippen molar-refractivity contribution in [3.63, 3.8) is 0 Å². The zero-order chi connectivity index (χ0) is 13.9. The highest BCUT2D eigenvalue weighted by atomic mass is 35.5. The highest BCUT2D eigenvalue weighted by Gasteiger charge is 2.29. The molecule has 1 heterocycles. The molecular weight excluding hydrogens is 273 g/mol. The van der Waals surface area contributed by atoms with Gasteiger partial charge in [0.1, 0.15) is 11.6 Å². The van der Waals surface area contributed by atoms with Gasteiger partial charge in [0.2, 0.25) is 0 Å². The zero-order valence-corrected chi connectivity index (χ0v) is 10.2. The normalized spacial score (nSPS) is 13.4. The van der Waals surface area contributed by atoms with Crippen LogP contribution in [0.5, 0.6) is 0 Å². The molecule has 3 N–H and O–H groups in total. The number of rotatable bonds is 4. The van der Waals surface area contributed by atoms with E-state index in [0.29, 0.717) is 0 Å². The van der Waals surface area contributed by atoms with Gasteiger partial charge in [-0.15, -0.1) is 0 Å². The van der Waals surface area contributed by atoms with Crippen molar-refractivity contribution in [1.29, 1.82) is 0 Å². The lowest BCUT2D eigenvalue weighted by molar-refractivity contribution is -0.143. The van der Waals surface area contributed by atoms with E-state index in [1.807, 2.05) is 0 Å².